The summed E-state index contributed by atoms with van der Waals surface area (Å²) in [5.41, 5.74) is 12.0. The molecule has 5 nitrogen and oxygen atoms in total. The Kier molecular flexibility index (Phi) is 5.82. The molecule has 2 bridgehead atoms. The summed E-state index contributed by atoms with van der Waals surface area (Å²) in [5.74, 6) is 0. The van der Waals surface area contributed by atoms with Gasteiger partial charge in [0.1, 0.15) is 5.65 Å². The molecule has 2 aromatic carbocycles. The van der Waals surface area contributed by atoms with Gasteiger partial charge in [-0.1, -0.05) is 48.5 Å². The number of nitrogens with zero attached hydrogens (tertiary/aromatic N) is 3. The molecule has 200 valence electrons. The van der Waals surface area contributed by atoms with E-state index in [0.29, 0.717) is 18.1 Å². The highest BCUT2D eigenvalue weighted by molar-refractivity contribution is 5.95. The summed E-state index contributed by atoms with van der Waals surface area (Å²) < 4.78 is 5.75. The van der Waals surface area contributed by atoms with E-state index in [1.54, 1.807) is 0 Å². The van der Waals surface area contributed by atoms with E-state index in [1.165, 1.54) is 53.5 Å². The maximum absolute atomic E-state index is 5.75. The molecule has 8 rings (SSSR count). The average molecular weight is 527 g/mol. The molecule has 0 saturated carbocycles. The minimum atomic E-state index is 0.655. The van der Waals surface area contributed by atoms with E-state index < -0.39 is 0 Å². The van der Waals surface area contributed by atoms with Crippen molar-refractivity contribution < 1.29 is 4.74 Å². The van der Waals surface area contributed by atoms with Crippen molar-refractivity contribution >= 4 is 11.0 Å². The Labute approximate surface area is 235 Å². The van der Waals surface area contributed by atoms with Crippen LogP contribution in [0.2, 0.25) is 0 Å². The van der Waals surface area contributed by atoms with Gasteiger partial charge >= 0.3 is 0 Å². The van der Waals surface area contributed by atoms with Crippen molar-refractivity contribution in [2.24, 2.45) is 0 Å². The third kappa shape index (κ3) is 4.07. The van der Waals surface area contributed by atoms with E-state index >= 15 is 0 Å². The van der Waals surface area contributed by atoms with Crippen LogP contribution in [0.15, 0.2) is 79.3 Å². The molecular weight excluding hydrogens is 492 g/mol. The second kappa shape index (κ2) is 9.69. The van der Waals surface area contributed by atoms with Crippen LogP contribution >= 0.6 is 0 Å². The minimum Gasteiger partial charge on any atom is -0.378 e. The van der Waals surface area contributed by atoms with Gasteiger partial charge in [0.15, 0.2) is 0 Å². The van der Waals surface area contributed by atoms with Gasteiger partial charge in [-0.15, -0.1) is 0 Å². The number of aromatic nitrogens is 3. The molecule has 3 atom stereocenters. The molecule has 3 aliphatic rings. The Balaban J connectivity index is 1.06. The molecule has 0 radical (unpaired) electrons. The molecule has 0 amide bonds. The molecule has 40 heavy (non-hydrogen) atoms. The predicted molar refractivity (Wildman–Crippen MR) is 160 cm³/mol. The third-order valence-corrected chi connectivity index (χ3v) is 9.49. The van der Waals surface area contributed by atoms with Gasteiger partial charge in [-0.05, 0) is 79.0 Å². The van der Waals surface area contributed by atoms with Crippen LogP contribution in [0.3, 0.4) is 0 Å². The first-order valence-corrected chi connectivity index (χ1v) is 14.7. The molecule has 5 aromatic rings. The van der Waals surface area contributed by atoms with Crippen molar-refractivity contribution in [2.45, 2.75) is 57.2 Å². The standard InChI is InChI=1S/C35H34N4O/c1-22-4-2-3-5-31(22)26-10-13-34(36-17-26)33-19-38-35-32(33)15-27(18-37-35)25-7-6-23-8-11-28(12-9-24(23)14-25)39-29-16-30(39)21-40-20-29/h2-7,10,13-15,17-19,28-30H,8-9,11-12,16,20-21H2,1H3,(H,37,38)/t28-,29?,30?/m0/s1. The summed E-state index contributed by atoms with van der Waals surface area (Å²) in [6, 6.07) is 24.1. The smallest absolute Gasteiger partial charge is 0.137 e. The highest BCUT2D eigenvalue weighted by Crippen LogP contribution is 2.38. The molecule has 1 N–H and O–H groups in total. The van der Waals surface area contributed by atoms with E-state index in [-0.39, 0.29) is 0 Å². The number of aryl methyl sites for hydroxylation is 3. The largest absolute Gasteiger partial charge is 0.378 e. The van der Waals surface area contributed by atoms with Crippen LogP contribution in [0.5, 0.6) is 0 Å². The number of nitrogens with one attached hydrogen (secondary N) is 1. The number of H-pyrrole nitrogens is 1. The summed E-state index contributed by atoms with van der Waals surface area (Å²) in [7, 11) is 0. The van der Waals surface area contributed by atoms with Crippen LogP contribution in [-0.2, 0) is 17.6 Å². The van der Waals surface area contributed by atoms with Crippen LogP contribution in [-0.4, -0.2) is 51.2 Å². The zero-order valence-electron chi connectivity index (χ0n) is 22.9. The lowest BCUT2D eigenvalue weighted by molar-refractivity contribution is -0.148. The number of morpholine rings is 1. The molecule has 2 saturated heterocycles. The summed E-state index contributed by atoms with van der Waals surface area (Å²) in [6.45, 7) is 3.99. The van der Waals surface area contributed by atoms with Gasteiger partial charge in [0.2, 0.25) is 0 Å². The normalized spacial score (nSPS) is 22.5. The van der Waals surface area contributed by atoms with Crippen LogP contribution in [0, 0.1) is 6.92 Å². The Morgan fingerprint density at radius 2 is 1.57 bits per heavy atom. The Morgan fingerprint density at radius 1 is 0.775 bits per heavy atom. The second-order valence-electron chi connectivity index (χ2n) is 11.8. The van der Waals surface area contributed by atoms with Crippen molar-refractivity contribution in [3.05, 3.63) is 95.9 Å². The third-order valence-electron chi connectivity index (χ3n) is 9.49. The highest BCUT2D eigenvalue weighted by Gasteiger charge is 2.45. The fourth-order valence-corrected chi connectivity index (χ4v) is 7.31. The first-order valence-electron chi connectivity index (χ1n) is 14.7. The van der Waals surface area contributed by atoms with Gasteiger partial charge in [-0.2, -0.15) is 0 Å². The van der Waals surface area contributed by atoms with Crippen molar-refractivity contribution in [1.82, 2.24) is 19.9 Å². The number of benzene rings is 2. The van der Waals surface area contributed by atoms with Gasteiger partial charge in [0, 0.05) is 58.8 Å². The number of aromatic amines is 1. The molecule has 5 heteroatoms. The summed E-state index contributed by atoms with van der Waals surface area (Å²) in [5, 5.41) is 1.11. The topological polar surface area (TPSA) is 54.0 Å². The number of pyridine rings is 2. The lowest BCUT2D eigenvalue weighted by Crippen LogP contribution is -2.66. The van der Waals surface area contributed by atoms with E-state index in [9.17, 15) is 0 Å². The van der Waals surface area contributed by atoms with Crippen molar-refractivity contribution in [1.29, 1.82) is 0 Å². The fraction of sp³-hybridized carbons (Fsp3) is 0.314. The fourth-order valence-electron chi connectivity index (χ4n) is 7.31. The van der Waals surface area contributed by atoms with E-state index in [2.05, 4.69) is 77.5 Å². The first kappa shape index (κ1) is 24.0. The zero-order chi connectivity index (χ0) is 26.6. The number of fused-ring (bicyclic) bond motifs is 4. The monoisotopic (exact) mass is 526 g/mol. The lowest BCUT2D eigenvalue weighted by atomic mass is 9.87. The van der Waals surface area contributed by atoms with Crippen molar-refractivity contribution in [3.8, 4) is 33.5 Å². The maximum atomic E-state index is 5.75. The average Bonchev–Trinajstić information content (AvgIpc) is 3.32. The Bertz CT molecular complexity index is 1690. The van der Waals surface area contributed by atoms with Crippen molar-refractivity contribution in [2.75, 3.05) is 13.2 Å². The molecule has 0 spiro atoms. The summed E-state index contributed by atoms with van der Waals surface area (Å²) in [4.78, 5) is 15.8. The molecule has 2 aliphatic heterocycles. The zero-order valence-corrected chi connectivity index (χ0v) is 22.9. The second-order valence-corrected chi connectivity index (χ2v) is 11.8. The van der Waals surface area contributed by atoms with E-state index in [4.69, 9.17) is 14.7 Å². The van der Waals surface area contributed by atoms with Crippen LogP contribution < -0.4 is 0 Å². The van der Waals surface area contributed by atoms with Crippen LogP contribution in [0.25, 0.3) is 44.5 Å². The van der Waals surface area contributed by atoms with Gasteiger partial charge in [0.05, 0.1) is 18.9 Å². The number of hydrogen-bond donors (Lipinski definition) is 1. The van der Waals surface area contributed by atoms with Gasteiger partial charge in [-0.3, -0.25) is 9.88 Å². The van der Waals surface area contributed by atoms with Gasteiger partial charge < -0.3 is 9.72 Å². The highest BCUT2D eigenvalue weighted by atomic mass is 16.5. The summed E-state index contributed by atoms with van der Waals surface area (Å²) >= 11 is 0. The number of ether oxygens (including phenoxy) is 1. The molecule has 1 aliphatic carbocycles. The first-order chi connectivity index (χ1) is 19.7. The van der Waals surface area contributed by atoms with Crippen LogP contribution in [0.4, 0.5) is 0 Å². The Hall–Kier alpha value is -3.80. The molecule has 3 aromatic heterocycles. The van der Waals surface area contributed by atoms with Crippen molar-refractivity contribution in [3.63, 3.8) is 0 Å². The van der Waals surface area contributed by atoms with E-state index in [1.807, 2.05) is 18.6 Å². The number of rotatable bonds is 4. The lowest BCUT2D eigenvalue weighted by Gasteiger charge is -2.56. The Morgan fingerprint density at radius 3 is 2.38 bits per heavy atom. The minimum absolute atomic E-state index is 0.655. The SMILES string of the molecule is Cc1ccccc1-c1ccc(-c2c[nH]c3ncc(-c4ccc5c(c4)CC[C@@H](N4C6COCC4C6)CC5)cc23)nc1. The van der Waals surface area contributed by atoms with Crippen LogP contribution in [0.1, 0.15) is 36.0 Å². The molecule has 2 fully saturated rings. The van der Waals surface area contributed by atoms with Gasteiger partial charge in [0.25, 0.3) is 0 Å². The molecule has 2 unspecified atom stereocenters. The molecule has 5 heterocycles. The number of hydrogen-bond acceptors (Lipinski definition) is 4. The van der Waals surface area contributed by atoms with Gasteiger partial charge in [-0.25, -0.2) is 4.98 Å². The maximum Gasteiger partial charge on any atom is 0.137 e. The predicted octanol–water partition coefficient (Wildman–Crippen LogP) is 6.99. The summed E-state index contributed by atoms with van der Waals surface area (Å²) in [6.07, 6.45) is 12.2. The quantitative estimate of drug-likeness (QED) is 0.257. The van der Waals surface area contributed by atoms with E-state index in [0.717, 1.165) is 53.1 Å². The molecular formula is C35H34N4O.